The van der Waals surface area contributed by atoms with Gasteiger partial charge >= 0.3 is 0 Å². The fourth-order valence-electron chi connectivity index (χ4n) is 4.85. The van der Waals surface area contributed by atoms with Gasteiger partial charge in [-0.2, -0.15) is 0 Å². The van der Waals surface area contributed by atoms with Crippen molar-refractivity contribution in [2.75, 3.05) is 6.61 Å². The van der Waals surface area contributed by atoms with E-state index >= 15 is 0 Å². The van der Waals surface area contributed by atoms with Crippen LogP contribution in [0.1, 0.15) is 6.92 Å². The lowest BCUT2D eigenvalue weighted by Crippen LogP contribution is -2.64. The number of rotatable bonds is 6. The zero-order valence-corrected chi connectivity index (χ0v) is 21.9. The van der Waals surface area contributed by atoms with Gasteiger partial charge in [0.25, 0.3) is 0 Å². The maximum absolute atomic E-state index is 12.9. The van der Waals surface area contributed by atoms with Gasteiger partial charge in [0.05, 0.1) is 12.7 Å². The molecule has 0 bridgehead atoms. The average Bonchev–Trinajstić information content (AvgIpc) is 2.96. The van der Waals surface area contributed by atoms with Crippen LogP contribution in [0.15, 0.2) is 45.6 Å². The zero-order valence-electron chi connectivity index (χ0n) is 21.9. The molecule has 10 atom stereocenters. The monoisotopic (exact) mass is 594 g/mol. The molecule has 0 spiro atoms. The van der Waals surface area contributed by atoms with E-state index in [1.807, 2.05) is 0 Å². The van der Waals surface area contributed by atoms with E-state index in [0.29, 0.717) is 0 Å². The fraction of sp³-hybridized carbons (Fsp3) is 0.444. The van der Waals surface area contributed by atoms with Gasteiger partial charge in [-0.15, -0.1) is 0 Å². The van der Waals surface area contributed by atoms with E-state index in [1.165, 1.54) is 37.3 Å². The van der Waals surface area contributed by atoms with Gasteiger partial charge in [-0.25, -0.2) is 0 Å². The molecule has 2 aliphatic rings. The molecule has 0 saturated carbocycles. The Bertz CT molecular complexity index is 1470. The number of benzene rings is 2. The molecule has 5 rings (SSSR count). The number of fused-ring (bicyclic) bond motifs is 1. The Morgan fingerprint density at radius 1 is 0.833 bits per heavy atom. The van der Waals surface area contributed by atoms with Gasteiger partial charge in [-0.1, -0.05) is 0 Å². The third-order valence-corrected chi connectivity index (χ3v) is 7.23. The van der Waals surface area contributed by atoms with E-state index < -0.39 is 84.9 Å². The lowest BCUT2D eigenvalue weighted by molar-refractivity contribution is -0.354. The summed E-state index contributed by atoms with van der Waals surface area (Å²) in [4.78, 5) is 12.9. The first-order chi connectivity index (χ1) is 19.9. The second-order valence-corrected chi connectivity index (χ2v) is 10.1. The first-order valence-electron chi connectivity index (χ1n) is 12.9. The Labute approximate surface area is 236 Å². The van der Waals surface area contributed by atoms with Crippen LogP contribution >= 0.6 is 0 Å². The van der Waals surface area contributed by atoms with E-state index in [0.717, 1.165) is 6.07 Å². The highest BCUT2D eigenvalue weighted by Gasteiger charge is 2.51. The van der Waals surface area contributed by atoms with Crippen molar-refractivity contribution in [3.8, 4) is 34.3 Å². The van der Waals surface area contributed by atoms with Crippen LogP contribution in [0.3, 0.4) is 0 Å². The molecule has 2 aliphatic heterocycles. The molecule has 0 radical (unpaired) electrons. The Morgan fingerprint density at radius 2 is 1.52 bits per heavy atom. The van der Waals surface area contributed by atoms with Gasteiger partial charge < -0.3 is 69.3 Å². The maximum atomic E-state index is 12.9. The van der Waals surface area contributed by atoms with Gasteiger partial charge in [-0.3, -0.25) is 4.79 Å². The summed E-state index contributed by atoms with van der Waals surface area (Å²) in [6.45, 7) is 0.660. The van der Waals surface area contributed by atoms with E-state index in [1.54, 1.807) is 0 Å². The van der Waals surface area contributed by atoms with Crippen molar-refractivity contribution < 1.29 is 69.3 Å². The number of aliphatic hydroxyl groups excluding tert-OH is 6. The predicted molar refractivity (Wildman–Crippen MR) is 139 cm³/mol. The molecule has 9 N–H and O–H groups in total. The molecular weight excluding hydrogens is 564 g/mol. The van der Waals surface area contributed by atoms with Gasteiger partial charge in [0, 0.05) is 17.7 Å². The van der Waals surface area contributed by atoms with Crippen molar-refractivity contribution in [2.24, 2.45) is 0 Å². The summed E-state index contributed by atoms with van der Waals surface area (Å²) < 4.78 is 28.2. The largest absolute Gasteiger partial charge is 0.508 e. The number of phenolic OH excluding ortho intramolecular Hbond substituents is 2. The minimum Gasteiger partial charge on any atom is -0.508 e. The number of phenols is 2. The molecule has 1 aromatic heterocycles. The number of aromatic hydroxyl groups is 3. The van der Waals surface area contributed by atoms with Crippen LogP contribution in [0.5, 0.6) is 23.0 Å². The molecular formula is C27H30O15. The van der Waals surface area contributed by atoms with Crippen LogP contribution < -0.4 is 10.2 Å². The third kappa shape index (κ3) is 5.37. The molecule has 3 heterocycles. The summed E-state index contributed by atoms with van der Waals surface area (Å²) in [5.74, 6) is -2.00. The molecule has 2 fully saturated rings. The van der Waals surface area contributed by atoms with Gasteiger partial charge in [0.15, 0.2) is 18.2 Å². The van der Waals surface area contributed by atoms with Crippen molar-refractivity contribution >= 4 is 11.0 Å². The topological polar surface area (TPSA) is 249 Å². The van der Waals surface area contributed by atoms with Crippen LogP contribution in [-0.2, 0) is 14.2 Å². The molecule has 0 amide bonds. The minimum absolute atomic E-state index is 0.0706. The molecule has 42 heavy (non-hydrogen) atoms. The number of hydrogen-bond donors (Lipinski definition) is 9. The van der Waals surface area contributed by atoms with E-state index in [4.69, 9.17) is 23.4 Å². The smallest absolute Gasteiger partial charge is 0.238 e. The van der Waals surface area contributed by atoms with Crippen LogP contribution in [-0.4, -0.2) is 114 Å². The Hall–Kier alpha value is -3.51. The quantitative estimate of drug-likeness (QED) is 0.159. The second kappa shape index (κ2) is 11.6. The van der Waals surface area contributed by atoms with Crippen molar-refractivity contribution in [3.05, 3.63) is 46.6 Å². The first-order valence-corrected chi connectivity index (χ1v) is 12.9. The van der Waals surface area contributed by atoms with Crippen molar-refractivity contribution in [2.45, 2.75) is 68.3 Å². The first kappa shape index (κ1) is 30.0. The fourth-order valence-corrected chi connectivity index (χ4v) is 4.85. The standard InChI is InChI=1S/C27H30O15/c1-9-17(31)20(34)23(37)26(38-9)42-25-21(35)18(32)15(8-28)41-27(25)39-12-6-13(30)16-14(7-12)40-24(22(36)19(16)33)10-2-4-11(29)5-3-10/h2-7,9,15,17-18,20-21,23,25-32,34-37H,8H2,1H3/t9-,15+,17+,18-,20+,21-,23+,25-,26+,27-/m1/s1. The third-order valence-electron chi connectivity index (χ3n) is 7.23. The van der Waals surface area contributed by atoms with Crippen molar-refractivity contribution in [1.29, 1.82) is 0 Å². The van der Waals surface area contributed by atoms with Crippen molar-refractivity contribution in [1.82, 2.24) is 0 Å². The van der Waals surface area contributed by atoms with Gasteiger partial charge in [0.1, 0.15) is 64.8 Å². The Kier molecular flexibility index (Phi) is 8.30. The van der Waals surface area contributed by atoms with Crippen molar-refractivity contribution in [3.63, 3.8) is 0 Å². The van der Waals surface area contributed by atoms with E-state index in [9.17, 15) is 50.8 Å². The summed E-state index contributed by atoms with van der Waals surface area (Å²) in [5.41, 5.74) is -0.967. The highest BCUT2D eigenvalue weighted by atomic mass is 16.8. The normalized spacial score (nSPS) is 33.5. The van der Waals surface area contributed by atoms with Crippen LogP contribution in [0, 0.1) is 0 Å². The lowest BCUT2D eigenvalue weighted by atomic mass is 9.97. The predicted octanol–water partition coefficient (Wildman–Crippen LogP) is -1.39. The molecule has 15 nitrogen and oxygen atoms in total. The van der Waals surface area contributed by atoms with Crippen LogP contribution in [0.2, 0.25) is 0 Å². The molecule has 3 aromatic rings. The highest BCUT2D eigenvalue weighted by Crippen LogP contribution is 2.37. The lowest BCUT2D eigenvalue weighted by Gasteiger charge is -2.45. The highest BCUT2D eigenvalue weighted by molar-refractivity contribution is 5.88. The molecule has 228 valence electrons. The number of ether oxygens (including phenoxy) is 4. The Morgan fingerprint density at radius 3 is 2.19 bits per heavy atom. The van der Waals surface area contributed by atoms with Crippen LogP contribution in [0.4, 0.5) is 0 Å². The average molecular weight is 595 g/mol. The summed E-state index contributed by atoms with van der Waals surface area (Å²) in [6.07, 6.45) is -15.6. The molecule has 2 aromatic carbocycles. The molecule has 15 heteroatoms. The number of hydrogen-bond acceptors (Lipinski definition) is 15. The molecule has 0 aliphatic carbocycles. The van der Waals surface area contributed by atoms with Crippen LogP contribution in [0.25, 0.3) is 22.3 Å². The van der Waals surface area contributed by atoms with Gasteiger partial charge in [-0.05, 0) is 31.2 Å². The maximum Gasteiger partial charge on any atom is 0.238 e. The summed E-state index contributed by atoms with van der Waals surface area (Å²) in [5, 5.41) is 91.7. The summed E-state index contributed by atoms with van der Waals surface area (Å²) >= 11 is 0. The van der Waals surface area contributed by atoms with Gasteiger partial charge in [0.2, 0.25) is 17.5 Å². The Balaban J connectivity index is 1.50. The molecule has 0 unspecified atom stereocenters. The summed E-state index contributed by atoms with van der Waals surface area (Å²) in [7, 11) is 0. The minimum atomic E-state index is -1.79. The van der Waals surface area contributed by atoms with E-state index in [2.05, 4.69) is 0 Å². The zero-order chi connectivity index (χ0) is 30.5. The SMILES string of the molecule is C[C@H]1O[C@@H](O[C@H]2[C@H](Oc3cc(O)c4c(=O)c(O)c(-c5ccc(O)cc5)oc4c3)O[C@@H](CO)[C@@H](O)[C@H]2O)[C@@H](O)[C@@H](O)[C@H]1O. The second-order valence-electron chi connectivity index (χ2n) is 10.1. The molecule has 2 saturated heterocycles. The summed E-state index contributed by atoms with van der Waals surface area (Å²) in [6, 6.07) is 7.54. The van der Waals surface area contributed by atoms with E-state index in [-0.39, 0.29) is 33.8 Å². The number of aliphatic hydroxyl groups is 6.